The van der Waals surface area contributed by atoms with Gasteiger partial charge >= 0.3 is 0 Å². The second kappa shape index (κ2) is 34.4. The molecular formula is C73H96ClN. The second-order valence-corrected chi connectivity index (χ2v) is 19.2. The summed E-state index contributed by atoms with van der Waals surface area (Å²) in [4.78, 5) is 0. The Balaban J connectivity index is 0.00000204. The fourth-order valence-electron chi connectivity index (χ4n) is 9.69. The van der Waals surface area contributed by atoms with Crippen LogP contribution < -0.4 is 5.73 Å². The Kier molecular flexibility index (Phi) is 29.8. The number of para-hydroxylation sites is 1. The van der Waals surface area contributed by atoms with Crippen LogP contribution in [0.4, 0.5) is 5.69 Å². The van der Waals surface area contributed by atoms with Gasteiger partial charge in [-0.05, 0) is 139 Å². The van der Waals surface area contributed by atoms with Crippen molar-refractivity contribution in [2.75, 3.05) is 5.73 Å². The number of halogens is 1. The summed E-state index contributed by atoms with van der Waals surface area (Å²) < 4.78 is 0. The molecule has 1 unspecified atom stereocenters. The number of anilines is 1. The lowest BCUT2D eigenvalue weighted by Gasteiger charge is -2.30. The molecule has 2 heteroatoms. The van der Waals surface area contributed by atoms with E-state index in [9.17, 15) is 0 Å². The van der Waals surface area contributed by atoms with Gasteiger partial charge in [-0.3, -0.25) is 0 Å². The van der Waals surface area contributed by atoms with E-state index >= 15 is 0 Å². The number of hydrogen-bond donors (Lipinski definition) is 1. The van der Waals surface area contributed by atoms with Crippen LogP contribution in [0.2, 0.25) is 5.02 Å². The van der Waals surface area contributed by atoms with E-state index in [0.29, 0.717) is 0 Å². The van der Waals surface area contributed by atoms with E-state index < -0.39 is 0 Å². The number of rotatable bonds is 19. The molecule has 0 saturated heterocycles. The summed E-state index contributed by atoms with van der Waals surface area (Å²) in [7, 11) is 0. The number of benzene rings is 7. The highest BCUT2D eigenvalue weighted by Gasteiger charge is 2.25. The molecule has 0 spiro atoms. The minimum Gasteiger partial charge on any atom is -0.398 e. The third kappa shape index (κ3) is 18.6. The predicted molar refractivity (Wildman–Crippen MR) is 342 cm³/mol. The number of allylic oxidation sites excluding steroid dienone is 5. The van der Waals surface area contributed by atoms with Gasteiger partial charge in [0, 0.05) is 22.4 Å². The molecular weight excluding hydrogens is 926 g/mol. The molecule has 75 heavy (non-hydrogen) atoms. The molecule has 0 aliphatic carbocycles. The van der Waals surface area contributed by atoms with Crippen LogP contribution in [0, 0.1) is 33.1 Å². The number of hydrogen-bond acceptors (Lipinski definition) is 1. The quantitative estimate of drug-likeness (QED) is 0.0488. The van der Waals surface area contributed by atoms with Gasteiger partial charge in [-0.1, -0.05) is 294 Å². The summed E-state index contributed by atoms with van der Waals surface area (Å²) in [5, 5.41) is 0.844. The van der Waals surface area contributed by atoms with Crippen LogP contribution in [0.3, 0.4) is 0 Å². The molecule has 0 aliphatic rings. The molecule has 0 aliphatic heterocycles. The first-order valence-electron chi connectivity index (χ1n) is 28.1. The maximum atomic E-state index is 7.27. The van der Waals surface area contributed by atoms with Crippen LogP contribution in [0.25, 0.3) is 55.7 Å². The predicted octanol–water partition coefficient (Wildman–Crippen LogP) is 23.6. The van der Waals surface area contributed by atoms with E-state index in [2.05, 4.69) is 212 Å². The molecule has 0 saturated carbocycles. The zero-order chi connectivity index (χ0) is 54.6. The molecule has 0 radical (unpaired) electrons. The Morgan fingerprint density at radius 1 is 0.520 bits per heavy atom. The summed E-state index contributed by atoms with van der Waals surface area (Å²) in [6.07, 6.45) is 15.9. The Morgan fingerprint density at radius 2 is 0.947 bits per heavy atom. The van der Waals surface area contributed by atoms with Crippen molar-refractivity contribution >= 4 is 28.4 Å². The van der Waals surface area contributed by atoms with Crippen molar-refractivity contribution in [2.24, 2.45) is 5.41 Å². The maximum Gasteiger partial charge on any atom is 0.0559 e. The van der Waals surface area contributed by atoms with Crippen LogP contribution in [-0.4, -0.2) is 0 Å². The first-order chi connectivity index (χ1) is 36.0. The van der Waals surface area contributed by atoms with Crippen LogP contribution in [0.15, 0.2) is 176 Å². The first-order valence-corrected chi connectivity index (χ1v) is 28.4. The fourth-order valence-corrected chi connectivity index (χ4v) is 10.0. The molecule has 400 valence electrons. The van der Waals surface area contributed by atoms with Gasteiger partial charge in [0.2, 0.25) is 0 Å². The molecule has 7 aromatic carbocycles. The molecule has 0 heterocycles. The fraction of sp³-hybridized carbons (Fsp3) is 0.342. The summed E-state index contributed by atoms with van der Waals surface area (Å²) in [6.45, 7) is 33.5. The minimum absolute atomic E-state index is 0. The first kappa shape index (κ1) is 65.0. The maximum absolute atomic E-state index is 7.27. The lowest BCUT2D eigenvalue weighted by molar-refractivity contribution is 0.262. The van der Waals surface area contributed by atoms with E-state index in [0.717, 1.165) is 102 Å². The van der Waals surface area contributed by atoms with Crippen LogP contribution >= 0.6 is 11.6 Å². The Bertz CT molecular complexity index is 2790. The van der Waals surface area contributed by atoms with E-state index in [4.69, 9.17) is 17.3 Å². The highest BCUT2D eigenvalue weighted by molar-refractivity contribution is 6.35. The van der Waals surface area contributed by atoms with Gasteiger partial charge in [0.1, 0.15) is 0 Å². The van der Waals surface area contributed by atoms with E-state index in [-0.39, 0.29) is 12.8 Å². The van der Waals surface area contributed by atoms with Gasteiger partial charge in [0.15, 0.2) is 0 Å². The van der Waals surface area contributed by atoms with Crippen molar-refractivity contribution in [1.29, 1.82) is 0 Å². The van der Waals surface area contributed by atoms with Gasteiger partial charge in [0.05, 0.1) is 5.02 Å². The van der Waals surface area contributed by atoms with E-state index in [1.807, 2.05) is 61.5 Å². The highest BCUT2D eigenvalue weighted by Crippen LogP contribution is 2.41. The lowest BCUT2D eigenvalue weighted by atomic mass is 9.75. The van der Waals surface area contributed by atoms with Crippen LogP contribution in [-0.2, 0) is 6.42 Å². The van der Waals surface area contributed by atoms with Gasteiger partial charge in [0.25, 0.3) is 0 Å². The van der Waals surface area contributed by atoms with Gasteiger partial charge in [-0.15, -0.1) is 0 Å². The smallest absolute Gasteiger partial charge is 0.0559 e. The lowest BCUT2D eigenvalue weighted by Crippen LogP contribution is -2.20. The molecule has 7 rings (SSSR count). The standard InChI is InChI=1S/C64H68ClN.4C2H6.CH4/c1-8-16-50(58-22-13-23-59(62(58)65)54-36-28-46(4)29-37-54)19-15-43-64(7,42-11-10-18-51(17-9-2)60-24-14-25-61(63(60)66)55-38-30-47(5)31-39-55)44-49-32-40-53(41-33-49)57-21-12-20-56(48(57)6)52-34-26-45(3)27-35-52;4*1-2;/h9,12-14,17,19-41H,2,8,10-11,15-16,18,42-44,66H2,1,3-7H3;4*1-2H3;1H4/b50-19+,51-17+;;;;;. The minimum atomic E-state index is 0. The van der Waals surface area contributed by atoms with Crippen LogP contribution in [0.1, 0.15) is 167 Å². The molecule has 1 nitrogen and oxygen atoms in total. The highest BCUT2D eigenvalue weighted by atomic mass is 35.5. The monoisotopic (exact) mass is 1020 g/mol. The number of aryl methyl sites for hydroxylation is 3. The molecule has 0 aromatic heterocycles. The summed E-state index contributed by atoms with van der Waals surface area (Å²) >= 11 is 7.27. The van der Waals surface area contributed by atoms with Crippen molar-refractivity contribution < 1.29 is 0 Å². The third-order valence-electron chi connectivity index (χ3n) is 13.6. The average Bonchev–Trinajstić information content (AvgIpc) is 3.43. The molecule has 1 atom stereocenters. The normalized spacial score (nSPS) is 11.6. The zero-order valence-electron chi connectivity index (χ0n) is 48.2. The summed E-state index contributed by atoms with van der Waals surface area (Å²) in [5.74, 6) is 0. The Labute approximate surface area is 464 Å². The Morgan fingerprint density at radius 3 is 1.44 bits per heavy atom. The zero-order valence-corrected chi connectivity index (χ0v) is 48.9. The van der Waals surface area contributed by atoms with Crippen molar-refractivity contribution in [2.45, 2.75) is 162 Å². The summed E-state index contributed by atoms with van der Waals surface area (Å²) in [6, 6.07) is 55.2. The van der Waals surface area contributed by atoms with Crippen molar-refractivity contribution in [3.8, 4) is 44.5 Å². The van der Waals surface area contributed by atoms with Crippen molar-refractivity contribution in [3.05, 3.63) is 220 Å². The van der Waals surface area contributed by atoms with Crippen LogP contribution in [0.5, 0.6) is 0 Å². The molecule has 0 amide bonds. The van der Waals surface area contributed by atoms with Crippen molar-refractivity contribution in [1.82, 2.24) is 0 Å². The average molecular weight is 1020 g/mol. The SMILES string of the molecule is C.C=C/C=C(\CCCCC(C)(CC/C=C(\CCC)c1cccc(-c2ccc(C)cc2)c1Cl)Cc1ccc(-c2cccc(-c3ccc(C)cc3)c2C)cc1)c1cccc(-c2ccc(C)cc2)c1N.CC.CC.CC.CC. The Hall–Kier alpha value is -6.15. The molecule has 0 bridgehead atoms. The second-order valence-electron chi connectivity index (χ2n) is 18.8. The van der Waals surface area contributed by atoms with E-state index in [1.54, 1.807) is 0 Å². The van der Waals surface area contributed by atoms with Gasteiger partial charge < -0.3 is 5.73 Å². The molecule has 0 fully saturated rings. The number of nitrogens with two attached hydrogens (primary N) is 1. The largest absolute Gasteiger partial charge is 0.398 e. The van der Waals surface area contributed by atoms with Gasteiger partial charge in [-0.2, -0.15) is 0 Å². The molecule has 2 N–H and O–H groups in total. The van der Waals surface area contributed by atoms with Crippen molar-refractivity contribution in [3.63, 3.8) is 0 Å². The third-order valence-corrected chi connectivity index (χ3v) is 14.0. The molecule has 7 aromatic rings. The number of nitrogen functional groups attached to an aromatic ring is 1. The summed E-state index contributed by atoms with van der Waals surface area (Å²) in [5.41, 5.74) is 28.7. The number of unbranched alkanes of at least 4 members (excludes halogenated alkanes) is 1. The van der Waals surface area contributed by atoms with Gasteiger partial charge in [-0.25, -0.2) is 0 Å². The van der Waals surface area contributed by atoms with E-state index in [1.165, 1.54) is 61.2 Å². The topological polar surface area (TPSA) is 26.0 Å².